The van der Waals surface area contributed by atoms with Crippen LogP contribution in [0.1, 0.15) is 13.8 Å². The zero-order valence-electron chi connectivity index (χ0n) is 9.28. The number of nitrogens with zero attached hydrogens (tertiary/aromatic N) is 2. The van der Waals surface area contributed by atoms with Crippen molar-refractivity contribution >= 4 is 45.1 Å². The van der Waals surface area contributed by atoms with Gasteiger partial charge in [0.15, 0.2) is 0 Å². The SMILES string of the molecule is CC1CN(c2ncc(Br)cc2Cl)CC(C)S1. The maximum atomic E-state index is 6.22. The molecule has 0 radical (unpaired) electrons. The third kappa shape index (κ3) is 2.84. The van der Waals surface area contributed by atoms with Crippen LogP contribution in [0.5, 0.6) is 0 Å². The molecule has 2 unspecified atom stereocenters. The van der Waals surface area contributed by atoms with Crippen LogP contribution in [-0.4, -0.2) is 28.6 Å². The molecule has 88 valence electrons. The van der Waals surface area contributed by atoms with Crippen molar-refractivity contribution in [3.63, 3.8) is 0 Å². The van der Waals surface area contributed by atoms with E-state index < -0.39 is 0 Å². The van der Waals surface area contributed by atoms with Gasteiger partial charge in [0.1, 0.15) is 5.82 Å². The lowest BCUT2D eigenvalue weighted by molar-refractivity contribution is 0.718. The van der Waals surface area contributed by atoms with Gasteiger partial charge in [-0.2, -0.15) is 11.8 Å². The molecule has 1 fully saturated rings. The van der Waals surface area contributed by atoms with Gasteiger partial charge >= 0.3 is 0 Å². The molecule has 16 heavy (non-hydrogen) atoms. The average molecular weight is 322 g/mol. The van der Waals surface area contributed by atoms with E-state index in [9.17, 15) is 0 Å². The second kappa shape index (κ2) is 5.15. The van der Waals surface area contributed by atoms with Crippen molar-refractivity contribution in [1.82, 2.24) is 4.98 Å². The number of hydrogen-bond donors (Lipinski definition) is 0. The van der Waals surface area contributed by atoms with E-state index in [4.69, 9.17) is 11.6 Å². The summed E-state index contributed by atoms with van der Waals surface area (Å²) in [4.78, 5) is 6.69. The van der Waals surface area contributed by atoms with Gasteiger partial charge in [-0.1, -0.05) is 25.4 Å². The fraction of sp³-hybridized carbons (Fsp3) is 0.545. The Morgan fingerprint density at radius 2 is 2.06 bits per heavy atom. The highest BCUT2D eigenvalue weighted by atomic mass is 79.9. The summed E-state index contributed by atoms with van der Waals surface area (Å²) in [6, 6.07) is 1.90. The number of thioether (sulfide) groups is 1. The molecule has 1 aromatic rings. The molecule has 0 N–H and O–H groups in total. The van der Waals surface area contributed by atoms with Crippen LogP contribution >= 0.6 is 39.3 Å². The number of aromatic nitrogens is 1. The highest BCUT2D eigenvalue weighted by molar-refractivity contribution is 9.10. The fourth-order valence-corrected chi connectivity index (χ4v) is 4.07. The maximum absolute atomic E-state index is 6.22. The normalized spacial score (nSPS) is 25.9. The Balaban J connectivity index is 2.23. The number of anilines is 1. The zero-order chi connectivity index (χ0) is 11.7. The number of rotatable bonds is 1. The van der Waals surface area contributed by atoms with Crippen LogP contribution in [0.25, 0.3) is 0 Å². The van der Waals surface area contributed by atoms with Crippen molar-refractivity contribution < 1.29 is 0 Å². The highest BCUT2D eigenvalue weighted by Crippen LogP contribution is 2.32. The molecule has 0 amide bonds. The minimum atomic E-state index is 0.630. The summed E-state index contributed by atoms with van der Waals surface area (Å²) in [6.07, 6.45) is 1.80. The summed E-state index contributed by atoms with van der Waals surface area (Å²) in [5, 5.41) is 1.98. The zero-order valence-corrected chi connectivity index (χ0v) is 12.4. The number of pyridine rings is 1. The van der Waals surface area contributed by atoms with Gasteiger partial charge in [0, 0.05) is 34.3 Å². The van der Waals surface area contributed by atoms with Crippen molar-refractivity contribution in [2.45, 2.75) is 24.3 Å². The lowest BCUT2D eigenvalue weighted by atomic mass is 10.3. The molecule has 0 aliphatic carbocycles. The monoisotopic (exact) mass is 320 g/mol. The molecule has 1 saturated heterocycles. The third-order valence-corrected chi connectivity index (χ3v) is 4.45. The van der Waals surface area contributed by atoms with E-state index in [0.717, 1.165) is 28.4 Å². The standard InChI is InChI=1S/C11H14BrClN2S/c1-7-5-15(6-8(2)16-7)11-10(13)3-9(12)4-14-11/h3-4,7-8H,5-6H2,1-2H3. The third-order valence-electron chi connectivity index (χ3n) is 2.51. The minimum absolute atomic E-state index is 0.630. The predicted molar refractivity (Wildman–Crippen MR) is 75.7 cm³/mol. The summed E-state index contributed by atoms with van der Waals surface area (Å²) < 4.78 is 0.925. The van der Waals surface area contributed by atoms with Gasteiger partial charge in [-0.25, -0.2) is 4.98 Å². The topological polar surface area (TPSA) is 16.1 Å². The van der Waals surface area contributed by atoms with E-state index in [1.807, 2.05) is 17.8 Å². The van der Waals surface area contributed by atoms with E-state index >= 15 is 0 Å². The molecule has 5 heteroatoms. The first-order valence-corrected chi connectivity index (χ1v) is 7.39. The minimum Gasteiger partial charge on any atom is -0.353 e. The largest absolute Gasteiger partial charge is 0.353 e. The summed E-state index contributed by atoms with van der Waals surface area (Å²) in [5.74, 6) is 0.906. The van der Waals surface area contributed by atoms with Crippen molar-refractivity contribution in [3.05, 3.63) is 21.8 Å². The van der Waals surface area contributed by atoms with Crippen LogP contribution in [-0.2, 0) is 0 Å². The van der Waals surface area contributed by atoms with Crippen molar-refractivity contribution in [1.29, 1.82) is 0 Å². The molecule has 2 atom stereocenters. The highest BCUT2D eigenvalue weighted by Gasteiger charge is 2.24. The fourth-order valence-electron chi connectivity index (χ4n) is 1.99. The Morgan fingerprint density at radius 1 is 1.44 bits per heavy atom. The molecular formula is C11H14BrClN2S. The number of halogens is 2. The van der Waals surface area contributed by atoms with E-state index in [-0.39, 0.29) is 0 Å². The first-order chi connectivity index (χ1) is 7.56. The Hall–Kier alpha value is 0.0700. The van der Waals surface area contributed by atoms with Gasteiger partial charge in [-0.05, 0) is 22.0 Å². The molecule has 2 rings (SSSR count). The van der Waals surface area contributed by atoms with Crippen LogP contribution in [0.3, 0.4) is 0 Å². The molecule has 0 spiro atoms. The van der Waals surface area contributed by atoms with Gasteiger partial charge < -0.3 is 4.90 Å². The van der Waals surface area contributed by atoms with Crippen LogP contribution in [0.4, 0.5) is 5.82 Å². The van der Waals surface area contributed by atoms with E-state index in [0.29, 0.717) is 10.5 Å². The van der Waals surface area contributed by atoms with Gasteiger partial charge in [-0.3, -0.25) is 0 Å². The molecule has 2 heterocycles. The van der Waals surface area contributed by atoms with Crippen LogP contribution in [0, 0.1) is 0 Å². The molecule has 1 aliphatic rings. The van der Waals surface area contributed by atoms with Gasteiger partial charge in [0.25, 0.3) is 0 Å². The number of hydrogen-bond acceptors (Lipinski definition) is 3. The molecule has 0 saturated carbocycles. The van der Waals surface area contributed by atoms with Crippen LogP contribution < -0.4 is 4.90 Å². The Kier molecular flexibility index (Phi) is 4.03. The van der Waals surface area contributed by atoms with E-state index in [1.54, 1.807) is 6.20 Å². The smallest absolute Gasteiger partial charge is 0.147 e. The van der Waals surface area contributed by atoms with Gasteiger partial charge in [-0.15, -0.1) is 0 Å². The molecule has 1 aliphatic heterocycles. The van der Waals surface area contributed by atoms with E-state index in [1.165, 1.54) is 0 Å². The Labute approximate surface area is 114 Å². The molecule has 2 nitrogen and oxygen atoms in total. The van der Waals surface area contributed by atoms with Crippen molar-refractivity contribution in [2.75, 3.05) is 18.0 Å². The summed E-state index contributed by atoms with van der Waals surface area (Å²) in [7, 11) is 0. The molecule has 1 aromatic heterocycles. The van der Waals surface area contributed by atoms with Gasteiger partial charge in [0.2, 0.25) is 0 Å². The van der Waals surface area contributed by atoms with E-state index in [2.05, 4.69) is 39.7 Å². The first-order valence-electron chi connectivity index (χ1n) is 5.27. The summed E-state index contributed by atoms with van der Waals surface area (Å²) in [6.45, 7) is 6.53. The lowest BCUT2D eigenvalue weighted by Gasteiger charge is -2.35. The predicted octanol–water partition coefficient (Wildman–Crippen LogP) is 3.83. The average Bonchev–Trinajstić information content (AvgIpc) is 2.15. The molecule has 0 bridgehead atoms. The van der Waals surface area contributed by atoms with Gasteiger partial charge in [0.05, 0.1) is 5.02 Å². The first kappa shape index (κ1) is 12.5. The maximum Gasteiger partial charge on any atom is 0.147 e. The Bertz CT molecular complexity index is 378. The van der Waals surface area contributed by atoms with Crippen molar-refractivity contribution in [3.8, 4) is 0 Å². The quantitative estimate of drug-likeness (QED) is 0.782. The second-order valence-corrected chi connectivity index (χ2v) is 7.33. The lowest BCUT2D eigenvalue weighted by Crippen LogP contribution is -2.41. The summed E-state index contributed by atoms with van der Waals surface area (Å²) in [5.41, 5.74) is 0. The second-order valence-electron chi connectivity index (χ2n) is 4.12. The molecular weight excluding hydrogens is 308 g/mol. The molecule has 0 aromatic carbocycles. The van der Waals surface area contributed by atoms with Crippen LogP contribution in [0.2, 0.25) is 5.02 Å². The Morgan fingerprint density at radius 3 is 2.62 bits per heavy atom. The van der Waals surface area contributed by atoms with Crippen LogP contribution in [0.15, 0.2) is 16.7 Å². The summed E-state index contributed by atoms with van der Waals surface area (Å²) >= 11 is 11.6. The van der Waals surface area contributed by atoms with Crippen molar-refractivity contribution in [2.24, 2.45) is 0 Å².